The van der Waals surface area contributed by atoms with Gasteiger partial charge < -0.3 is 15.2 Å². The summed E-state index contributed by atoms with van der Waals surface area (Å²) in [4.78, 5) is 0. The van der Waals surface area contributed by atoms with Crippen LogP contribution in [0.1, 0.15) is 43.2 Å². The number of hydrogen-bond donors (Lipinski definition) is 1. The third kappa shape index (κ3) is 3.72. The fourth-order valence-corrected chi connectivity index (χ4v) is 2.64. The van der Waals surface area contributed by atoms with Crippen LogP contribution in [0.15, 0.2) is 18.2 Å². The fourth-order valence-electron chi connectivity index (χ4n) is 2.64. The van der Waals surface area contributed by atoms with E-state index in [1.165, 1.54) is 19.3 Å². The van der Waals surface area contributed by atoms with Gasteiger partial charge in [-0.2, -0.15) is 5.26 Å². The van der Waals surface area contributed by atoms with E-state index in [9.17, 15) is 0 Å². The molecule has 0 aliphatic heterocycles. The van der Waals surface area contributed by atoms with E-state index in [2.05, 4.69) is 6.07 Å². The van der Waals surface area contributed by atoms with E-state index in [1.807, 2.05) is 18.2 Å². The summed E-state index contributed by atoms with van der Waals surface area (Å²) in [7, 11) is 1.57. The normalized spacial score (nSPS) is 22.9. The van der Waals surface area contributed by atoms with E-state index in [0.717, 1.165) is 18.4 Å². The van der Waals surface area contributed by atoms with Crippen LogP contribution in [0.5, 0.6) is 5.75 Å². The monoisotopic (exact) mass is 274 g/mol. The van der Waals surface area contributed by atoms with Crippen molar-refractivity contribution in [2.24, 2.45) is 5.73 Å². The minimum absolute atomic E-state index is 0.130. The fraction of sp³-hybridized carbons (Fsp3) is 0.562. The Bertz CT molecular complexity index is 482. The second-order valence-corrected chi connectivity index (χ2v) is 5.30. The zero-order valence-corrected chi connectivity index (χ0v) is 12.0. The van der Waals surface area contributed by atoms with Crippen LogP contribution < -0.4 is 10.5 Å². The molecule has 2 unspecified atom stereocenters. The molecule has 1 aliphatic carbocycles. The highest BCUT2D eigenvalue weighted by Crippen LogP contribution is 2.22. The second-order valence-electron chi connectivity index (χ2n) is 5.30. The third-order valence-electron chi connectivity index (χ3n) is 3.85. The summed E-state index contributed by atoms with van der Waals surface area (Å²) in [5.74, 6) is 0.599. The number of benzene rings is 1. The molecule has 2 atom stereocenters. The predicted octanol–water partition coefficient (Wildman–Crippen LogP) is 2.74. The molecule has 2 N–H and O–H groups in total. The maximum Gasteiger partial charge on any atom is 0.136 e. The van der Waals surface area contributed by atoms with E-state index < -0.39 is 0 Å². The lowest BCUT2D eigenvalue weighted by Crippen LogP contribution is -2.35. The second kappa shape index (κ2) is 7.28. The predicted molar refractivity (Wildman–Crippen MR) is 77.3 cm³/mol. The maximum atomic E-state index is 9.08. The maximum absolute atomic E-state index is 9.08. The molecule has 0 amide bonds. The van der Waals surface area contributed by atoms with Crippen molar-refractivity contribution in [1.82, 2.24) is 0 Å². The van der Waals surface area contributed by atoms with Crippen molar-refractivity contribution in [3.05, 3.63) is 29.3 Å². The van der Waals surface area contributed by atoms with Gasteiger partial charge in [0.05, 0.1) is 25.4 Å². The van der Waals surface area contributed by atoms with Crippen molar-refractivity contribution in [3.8, 4) is 11.8 Å². The van der Waals surface area contributed by atoms with Crippen LogP contribution in [0.25, 0.3) is 0 Å². The first-order valence-corrected chi connectivity index (χ1v) is 7.19. The molecule has 2 rings (SSSR count). The summed E-state index contributed by atoms with van der Waals surface area (Å²) in [6.45, 7) is 0.497. The highest BCUT2D eigenvalue weighted by Gasteiger charge is 2.20. The van der Waals surface area contributed by atoms with E-state index in [0.29, 0.717) is 17.9 Å². The van der Waals surface area contributed by atoms with Crippen LogP contribution in [-0.2, 0) is 11.3 Å². The zero-order chi connectivity index (χ0) is 14.4. The Morgan fingerprint density at radius 1 is 1.30 bits per heavy atom. The lowest BCUT2D eigenvalue weighted by atomic mass is 10.1. The van der Waals surface area contributed by atoms with Crippen LogP contribution in [-0.4, -0.2) is 19.3 Å². The highest BCUT2D eigenvalue weighted by molar-refractivity contribution is 5.45. The Morgan fingerprint density at radius 3 is 2.85 bits per heavy atom. The van der Waals surface area contributed by atoms with Crippen LogP contribution in [0.3, 0.4) is 0 Å². The van der Waals surface area contributed by atoms with Gasteiger partial charge in [0.25, 0.3) is 0 Å². The number of hydrogen-bond acceptors (Lipinski definition) is 4. The van der Waals surface area contributed by atoms with Gasteiger partial charge in [-0.15, -0.1) is 0 Å². The lowest BCUT2D eigenvalue weighted by molar-refractivity contribution is 0.0194. The SMILES string of the molecule is COc1ccc(COC2CCCCCC2N)cc1C#N. The van der Waals surface area contributed by atoms with Gasteiger partial charge in [-0.05, 0) is 30.5 Å². The van der Waals surface area contributed by atoms with Crippen LogP contribution >= 0.6 is 0 Å². The Hall–Kier alpha value is -1.57. The molecule has 0 bridgehead atoms. The molecule has 1 fully saturated rings. The minimum atomic E-state index is 0.130. The van der Waals surface area contributed by atoms with E-state index >= 15 is 0 Å². The quantitative estimate of drug-likeness (QED) is 0.857. The zero-order valence-electron chi connectivity index (χ0n) is 12.0. The van der Waals surface area contributed by atoms with E-state index in [-0.39, 0.29) is 12.1 Å². The van der Waals surface area contributed by atoms with E-state index in [4.69, 9.17) is 20.5 Å². The molecular weight excluding hydrogens is 252 g/mol. The van der Waals surface area contributed by atoms with Crippen molar-refractivity contribution >= 4 is 0 Å². The number of ether oxygens (including phenoxy) is 2. The van der Waals surface area contributed by atoms with Gasteiger partial charge >= 0.3 is 0 Å². The van der Waals surface area contributed by atoms with Crippen molar-refractivity contribution in [2.45, 2.75) is 50.9 Å². The molecule has 0 aromatic heterocycles. The van der Waals surface area contributed by atoms with Crippen molar-refractivity contribution in [3.63, 3.8) is 0 Å². The number of nitriles is 1. The van der Waals surface area contributed by atoms with Gasteiger partial charge in [-0.25, -0.2) is 0 Å². The Kier molecular flexibility index (Phi) is 5.40. The van der Waals surface area contributed by atoms with Gasteiger partial charge in [0.2, 0.25) is 0 Å². The van der Waals surface area contributed by atoms with Crippen LogP contribution in [0, 0.1) is 11.3 Å². The molecule has 0 radical (unpaired) electrons. The summed E-state index contributed by atoms with van der Waals surface area (Å²) in [6.07, 6.45) is 5.82. The molecule has 1 saturated carbocycles. The summed E-state index contributed by atoms with van der Waals surface area (Å²) < 4.78 is 11.1. The molecule has 0 saturated heterocycles. The first-order valence-electron chi connectivity index (χ1n) is 7.19. The summed E-state index contributed by atoms with van der Waals surface area (Å²) in [6, 6.07) is 7.83. The van der Waals surface area contributed by atoms with Crippen molar-refractivity contribution in [2.75, 3.05) is 7.11 Å². The van der Waals surface area contributed by atoms with Gasteiger partial charge in [0, 0.05) is 6.04 Å². The first-order chi connectivity index (χ1) is 9.74. The van der Waals surface area contributed by atoms with Crippen molar-refractivity contribution in [1.29, 1.82) is 5.26 Å². The molecule has 108 valence electrons. The Labute approximate surface area is 120 Å². The first kappa shape index (κ1) is 14.8. The third-order valence-corrected chi connectivity index (χ3v) is 3.85. The van der Waals surface area contributed by atoms with Gasteiger partial charge in [0.1, 0.15) is 11.8 Å². The number of rotatable bonds is 4. The van der Waals surface area contributed by atoms with Gasteiger partial charge in [-0.1, -0.05) is 25.3 Å². The highest BCUT2D eigenvalue weighted by atomic mass is 16.5. The Morgan fingerprint density at radius 2 is 2.10 bits per heavy atom. The molecule has 1 aromatic carbocycles. The molecule has 0 heterocycles. The molecule has 4 nitrogen and oxygen atoms in total. The largest absolute Gasteiger partial charge is 0.495 e. The average Bonchev–Trinajstić information content (AvgIpc) is 2.69. The number of nitrogens with two attached hydrogens (primary N) is 1. The lowest BCUT2D eigenvalue weighted by Gasteiger charge is -2.22. The minimum Gasteiger partial charge on any atom is -0.495 e. The molecular formula is C16H22N2O2. The van der Waals surface area contributed by atoms with Crippen LogP contribution in [0.4, 0.5) is 0 Å². The average molecular weight is 274 g/mol. The van der Waals surface area contributed by atoms with Crippen molar-refractivity contribution < 1.29 is 9.47 Å². The smallest absolute Gasteiger partial charge is 0.136 e. The number of methoxy groups -OCH3 is 1. The standard InChI is InChI=1S/C16H22N2O2/c1-19-15-8-7-12(9-13(15)10-17)11-20-16-6-4-2-3-5-14(16)18/h7-9,14,16H,2-6,11,18H2,1H3. The molecule has 1 aliphatic rings. The summed E-state index contributed by atoms with van der Waals surface area (Å²) >= 11 is 0. The molecule has 20 heavy (non-hydrogen) atoms. The summed E-state index contributed by atoms with van der Waals surface area (Å²) in [5, 5.41) is 9.08. The molecule has 0 spiro atoms. The topological polar surface area (TPSA) is 68.3 Å². The van der Waals surface area contributed by atoms with Crippen LogP contribution in [0.2, 0.25) is 0 Å². The summed E-state index contributed by atoms with van der Waals surface area (Å²) in [5.41, 5.74) is 7.67. The Balaban J connectivity index is 1.98. The van der Waals surface area contributed by atoms with E-state index in [1.54, 1.807) is 7.11 Å². The molecule has 1 aromatic rings. The van der Waals surface area contributed by atoms with Gasteiger partial charge in [-0.3, -0.25) is 0 Å². The van der Waals surface area contributed by atoms with Gasteiger partial charge in [0.15, 0.2) is 0 Å². The molecule has 4 heteroatoms. The number of nitrogens with zero attached hydrogens (tertiary/aromatic N) is 1.